The number of nitrogens with zero attached hydrogens (tertiary/aromatic N) is 2. The van der Waals surface area contributed by atoms with Crippen LogP contribution in [0.3, 0.4) is 0 Å². The average molecular weight is 418 g/mol. The Morgan fingerprint density at radius 3 is 2.70 bits per heavy atom. The van der Waals surface area contributed by atoms with Gasteiger partial charge in [0.05, 0.1) is 25.8 Å². The van der Waals surface area contributed by atoms with E-state index in [-0.39, 0.29) is 30.2 Å². The number of hydrogen-bond acceptors (Lipinski definition) is 5. The third kappa shape index (κ3) is 4.86. The van der Waals surface area contributed by atoms with Gasteiger partial charge in [0, 0.05) is 44.6 Å². The standard InChI is InChI=1S/C22H31N3O5/c1-4-6-20(26)23-16-7-5-10-24(14-16)22(28)15-11-21(27)25(13-15)18-12-17(29-2)8-9-19(18)30-3/h8-9,12,15-16H,4-7,10-11,13-14H2,1-3H3,(H,23,26). The molecule has 8 nitrogen and oxygen atoms in total. The van der Waals surface area contributed by atoms with Crippen LogP contribution in [0.5, 0.6) is 11.5 Å². The number of carbonyl (C=O) groups excluding carboxylic acids is 3. The highest BCUT2D eigenvalue weighted by Gasteiger charge is 2.39. The Morgan fingerprint density at radius 2 is 2.00 bits per heavy atom. The number of ether oxygens (including phenoxy) is 2. The first-order valence-corrected chi connectivity index (χ1v) is 10.6. The van der Waals surface area contributed by atoms with Crippen molar-refractivity contribution in [2.24, 2.45) is 5.92 Å². The largest absolute Gasteiger partial charge is 0.497 e. The maximum atomic E-state index is 13.1. The zero-order valence-electron chi connectivity index (χ0n) is 18.0. The third-order valence-electron chi connectivity index (χ3n) is 5.73. The van der Waals surface area contributed by atoms with Crippen LogP contribution in [-0.4, -0.2) is 62.5 Å². The predicted octanol–water partition coefficient (Wildman–Crippen LogP) is 1.96. The molecule has 2 heterocycles. The van der Waals surface area contributed by atoms with Crippen LogP contribution in [0.15, 0.2) is 18.2 Å². The highest BCUT2D eigenvalue weighted by Crippen LogP contribution is 2.36. The summed E-state index contributed by atoms with van der Waals surface area (Å²) in [6.45, 7) is 3.44. The minimum absolute atomic E-state index is 0.0200. The lowest BCUT2D eigenvalue weighted by molar-refractivity contribution is -0.137. The highest BCUT2D eigenvalue weighted by molar-refractivity contribution is 6.01. The van der Waals surface area contributed by atoms with Gasteiger partial charge < -0.3 is 24.6 Å². The number of carbonyl (C=O) groups is 3. The van der Waals surface area contributed by atoms with Crippen LogP contribution in [0.4, 0.5) is 5.69 Å². The van der Waals surface area contributed by atoms with Crippen LogP contribution >= 0.6 is 0 Å². The molecular weight excluding hydrogens is 386 g/mol. The molecule has 0 aromatic heterocycles. The number of rotatable bonds is 7. The summed E-state index contributed by atoms with van der Waals surface area (Å²) in [6, 6.07) is 5.26. The van der Waals surface area contributed by atoms with Gasteiger partial charge in [0.2, 0.25) is 17.7 Å². The second-order valence-electron chi connectivity index (χ2n) is 7.88. The number of piperidine rings is 1. The molecule has 0 radical (unpaired) electrons. The molecule has 164 valence electrons. The number of benzene rings is 1. The number of methoxy groups -OCH3 is 2. The Kier molecular flexibility index (Phi) is 7.18. The topological polar surface area (TPSA) is 88.2 Å². The van der Waals surface area contributed by atoms with Crippen molar-refractivity contribution in [1.29, 1.82) is 0 Å². The smallest absolute Gasteiger partial charge is 0.228 e. The van der Waals surface area contributed by atoms with Gasteiger partial charge in [0.1, 0.15) is 11.5 Å². The van der Waals surface area contributed by atoms with Crippen molar-refractivity contribution in [3.8, 4) is 11.5 Å². The minimum Gasteiger partial charge on any atom is -0.497 e. The molecule has 1 aromatic rings. The lowest BCUT2D eigenvalue weighted by Crippen LogP contribution is -2.51. The molecule has 0 spiro atoms. The first-order chi connectivity index (χ1) is 14.5. The molecule has 2 unspecified atom stereocenters. The summed E-state index contributed by atoms with van der Waals surface area (Å²) in [4.78, 5) is 41.2. The molecule has 8 heteroatoms. The first-order valence-electron chi connectivity index (χ1n) is 10.6. The molecular formula is C22H31N3O5. The number of amides is 3. The van der Waals surface area contributed by atoms with E-state index in [0.717, 1.165) is 19.3 Å². The summed E-state index contributed by atoms with van der Waals surface area (Å²) in [5.41, 5.74) is 0.612. The molecule has 0 bridgehead atoms. The Balaban J connectivity index is 1.67. The Morgan fingerprint density at radius 1 is 1.20 bits per heavy atom. The van der Waals surface area contributed by atoms with Crippen LogP contribution in [0, 0.1) is 5.92 Å². The molecule has 2 fully saturated rings. The van der Waals surface area contributed by atoms with Crippen molar-refractivity contribution in [1.82, 2.24) is 10.2 Å². The molecule has 2 atom stereocenters. The quantitative estimate of drug-likeness (QED) is 0.733. The summed E-state index contributed by atoms with van der Waals surface area (Å²) in [6.07, 6.45) is 3.18. The minimum atomic E-state index is -0.404. The fourth-order valence-corrected chi connectivity index (χ4v) is 4.19. The Hall–Kier alpha value is -2.77. The molecule has 3 rings (SSSR count). The van der Waals surface area contributed by atoms with Crippen molar-refractivity contribution in [3.63, 3.8) is 0 Å². The second kappa shape index (κ2) is 9.82. The molecule has 2 aliphatic heterocycles. The van der Waals surface area contributed by atoms with E-state index in [0.29, 0.717) is 43.2 Å². The molecule has 2 saturated heterocycles. The molecule has 2 aliphatic rings. The maximum Gasteiger partial charge on any atom is 0.228 e. The van der Waals surface area contributed by atoms with Gasteiger partial charge in [-0.15, -0.1) is 0 Å². The van der Waals surface area contributed by atoms with Gasteiger partial charge in [-0.05, 0) is 31.4 Å². The summed E-state index contributed by atoms with van der Waals surface area (Å²) in [5, 5.41) is 3.03. The summed E-state index contributed by atoms with van der Waals surface area (Å²) in [7, 11) is 3.12. The fourth-order valence-electron chi connectivity index (χ4n) is 4.19. The zero-order valence-corrected chi connectivity index (χ0v) is 18.0. The van der Waals surface area contributed by atoms with E-state index in [1.807, 2.05) is 6.92 Å². The van der Waals surface area contributed by atoms with Crippen LogP contribution in [0.1, 0.15) is 39.0 Å². The maximum absolute atomic E-state index is 13.1. The number of nitrogens with one attached hydrogen (secondary N) is 1. The molecule has 30 heavy (non-hydrogen) atoms. The lowest BCUT2D eigenvalue weighted by atomic mass is 10.0. The van der Waals surface area contributed by atoms with Crippen molar-refractivity contribution in [2.75, 3.05) is 38.8 Å². The van der Waals surface area contributed by atoms with Gasteiger partial charge in [0.25, 0.3) is 0 Å². The van der Waals surface area contributed by atoms with Gasteiger partial charge in [-0.3, -0.25) is 14.4 Å². The zero-order chi connectivity index (χ0) is 21.7. The fraction of sp³-hybridized carbons (Fsp3) is 0.591. The van der Waals surface area contributed by atoms with Crippen molar-refractivity contribution < 1.29 is 23.9 Å². The monoisotopic (exact) mass is 417 g/mol. The number of hydrogen-bond donors (Lipinski definition) is 1. The van der Waals surface area contributed by atoms with Crippen LogP contribution < -0.4 is 19.7 Å². The van der Waals surface area contributed by atoms with Gasteiger partial charge in [0.15, 0.2) is 0 Å². The Bertz CT molecular complexity index is 797. The van der Waals surface area contributed by atoms with Crippen molar-refractivity contribution in [3.05, 3.63) is 18.2 Å². The van der Waals surface area contributed by atoms with E-state index < -0.39 is 5.92 Å². The number of anilines is 1. The van der Waals surface area contributed by atoms with Crippen molar-refractivity contribution >= 4 is 23.4 Å². The van der Waals surface area contributed by atoms with E-state index in [1.165, 1.54) is 0 Å². The summed E-state index contributed by atoms with van der Waals surface area (Å²) >= 11 is 0. The van der Waals surface area contributed by atoms with Gasteiger partial charge in [-0.25, -0.2) is 0 Å². The van der Waals surface area contributed by atoms with E-state index >= 15 is 0 Å². The third-order valence-corrected chi connectivity index (χ3v) is 5.73. The molecule has 3 amide bonds. The van der Waals surface area contributed by atoms with E-state index in [2.05, 4.69) is 5.32 Å². The SMILES string of the molecule is CCCC(=O)NC1CCCN(C(=O)C2CC(=O)N(c3cc(OC)ccc3OC)C2)C1. The number of likely N-dealkylation sites (tertiary alicyclic amines) is 1. The lowest BCUT2D eigenvalue weighted by Gasteiger charge is -2.34. The van der Waals surface area contributed by atoms with E-state index in [4.69, 9.17) is 9.47 Å². The first kappa shape index (κ1) is 21.9. The molecule has 0 saturated carbocycles. The Labute approximate surface area is 177 Å². The normalized spacial score (nSPS) is 21.5. The van der Waals surface area contributed by atoms with Crippen LogP contribution in [-0.2, 0) is 14.4 Å². The van der Waals surface area contributed by atoms with Crippen molar-refractivity contribution in [2.45, 2.75) is 45.1 Å². The van der Waals surface area contributed by atoms with Gasteiger partial charge in [-0.1, -0.05) is 6.92 Å². The predicted molar refractivity (Wildman–Crippen MR) is 113 cm³/mol. The van der Waals surface area contributed by atoms with Crippen LogP contribution in [0.25, 0.3) is 0 Å². The second-order valence-corrected chi connectivity index (χ2v) is 7.88. The average Bonchev–Trinajstić information content (AvgIpc) is 3.14. The van der Waals surface area contributed by atoms with Gasteiger partial charge in [-0.2, -0.15) is 0 Å². The van der Waals surface area contributed by atoms with E-state index in [9.17, 15) is 14.4 Å². The van der Waals surface area contributed by atoms with E-state index in [1.54, 1.807) is 42.2 Å². The summed E-state index contributed by atoms with van der Waals surface area (Å²) in [5.74, 6) is 0.679. The summed E-state index contributed by atoms with van der Waals surface area (Å²) < 4.78 is 10.7. The molecule has 1 N–H and O–H groups in total. The highest BCUT2D eigenvalue weighted by atomic mass is 16.5. The van der Waals surface area contributed by atoms with Gasteiger partial charge >= 0.3 is 0 Å². The molecule has 0 aliphatic carbocycles. The van der Waals surface area contributed by atoms with Crippen LogP contribution in [0.2, 0.25) is 0 Å². The molecule has 1 aromatic carbocycles.